The van der Waals surface area contributed by atoms with Crippen LogP contribution in [0.4, 0.5) is 0 Å². The first-order valence-corrected chi connectivity index (χ1v) is 25.3. The third-order valence-corrected chi connectivity index (χ3v) is 12.2. The molecule has 0 spiro atoms. The summed E-state index contributed by atoms with van der Waals surface area (Å²) in [6.45, 7) is 45.3. The van der Waals surface area contributed by atoms with Crippen molar-refractivity contribution in [3.63, 3.8) is 0 Å². The summed E-state index contributed by atoms with van der Waals surface area (Å²) in [4.78, 5) is 61.7. The van der Waals surface area contributed by atoms with Gasteiger partial charge in [0.05, 0.1) is 116 Å². The second kappa shape index (κ2) is 33.0. The lowest BCUT2D eigenvalue weighted by molar-refractivity contribution is -0.162. The predicted octanol–water partition coefficient (Wildman–Crippen LogP) is 6.68. The summed E-state index contributed by atoms with van der Waals surface area (Å²) in [6.07, 6.45) is 7.04. The molecule has 0 aliphatic rings. The van der Waals surface area contributed by atoms with Crippen LogP contribution < -0.4 is 16.0 Å². The first-order chi connectivity index (χ1) is 34.6. The van der Waals surface area contributed by atoms with Gasteiger partial charge in [-0.2, -0.15) is 0 Å². The van der Waals surface area contributed by atoms with E-state index in [1.807, 2.05) is 34.6 Å². The largest absolute Gasteiger partial charge is 0.380 e. The molecule has 0 fully saturated rings. The van der Waals surface area contributed by atoms with Crippen molar-refractivity contribution in [2.75, 3.05) is 99.8 Å². The molecule has 0 aliphatic heterocycles. The van der Waals surface area contributed by atoms with Crippen LogP contribution in [0.25, 0.3) is 0 Å². The van der Waals surface area contributed by atoms with E-state index in [2.05, 4.69) is 48.8 Å². The molecule has 432 valence electrons. The summed E-state index contributed by atoms with van der Waals surface area (Å²) in [6, 6.07) is 0. The average Bonchev–Trinajstić information content (AvgIpc) is 3.34. The Kier molecular flexibility index (Phi) is 31.5. The number of ether oxygens (including phenoxy) is 11. The van der Waals surface area contributed by atoms with E-state index < -0.39 is 50.0 Å². The van der Waals surface area contributed by atoms with Crippen molar-refractivity contribution in [2.24, 2.45) is 10.8 Å². The Hall–Kier alpha value is -3.51. The summed E-state index contributed by atoms with van der Waals surface area (Å²) in [7, 11) is 0. The van der Waals surface area contributed by atoms with E-state index in [1.165, 1.54) is 30.4 Å². The van der Waals surface area contributed by atoms with Crippen LogP contribution in [0.2, 0.25) is 0 Å². The second-order valence-corrected chi connectivity index (χ2v) is 22.6. The molecule has 0 saturated heterocycles. The highest BCUT2D eigenvalue weighted by atomic mass is 16.6. The molecule has 3 N–H and O–H groups in total. The molecule has 0 atom stereocenters. The Bertz CT molecular complexity index is 1680. The normalized spacial score (nSPS) is 13.3. The number of rotatable bonds is 49. The fourth-order valence-electron chi connectivity index (χ4n) is 6.30. The maximum absolute atomic E-state index is 12.4. The molecule has 0 saturated carbocycles. The lowest BCUT2D eigenvalue weighted by atomic mass is 9.90. The fourth-order valence-corrected chi connectivity index (χ4v) is 6.30. The summed E-state index contributed by atoms with van der Waals surface area (Å²) in [5, 5.41) is 9.14. The molecule has 0 bridgehead atoms. The van der Waals surface area contributed by atoms with Crippen LogP contribution in [0.1, 0.15) is 117 Å². The second-order valence-electron chi connectivity index (χ2n) is 22.6. The molecule has 0 aliphatic carbocycles. The van der Waals surface area contributed by atoms with Gasteiger partial charge in [-0.25, -0.2) is 0 Å². The highest BCUT2D eigenvalue weighted by Gasteiger charge is 2.38. The van der Waals surface area contributed by atoms with Crippen molar-refractivity contribution in [3.8, 4) is 0 Å². The zero-order chi connectivity index (χ0) is 57.8. The summed E-state index contributed by atoms with van der Waals surface area (Å²) in [5.41, 5.74) is -8.62. The maximum atomic E-state index is 12.4. The van der Waals surface area contributed by atoms with E-state index in [1.54, 1.807) is 69.2 Å². The van der Waals surface area contributed by atoms with Gasteiger partial charge in [-0.1, -0.05) is 39.8 Å². The molecule has 0 aromatic carbocycles. The van der Waals surface area contributed by atoms with E-state index in [4.69, 9.17) is 52.1 Å². The zero-order valence-electron chi connectivity index (χ0n) is 48.5. The van der Waals surface area contributed by atoms with Crippen LogP contribution >= 0.6 is 0 Å². The molecule has 0 amide bonds. The minimum atomic E-state index is -1.11. The minimum Gasteiger partial charge on any atom is -0.380 e. The summed E-state index contributed by atoms with van der Waals surface area (Å²) >= 11 is 0. The molecule has 0 unspecified atom stereocenters. The van der Waals surface area contributed by atoms with Crippen molar-refractivity contribution in [1.29, 1.82) is 0 Å². The van der Waals surface area contributed by atoms with Crippen molar-refractivity contribution >= 4 is 28.9 Å². The van der Waals surface area contributed by atoms with Crippen LogP contribution in [0.3, 0.4) is 0 Å². The van der Waals surface area contributed by atoms with Crippen molar-refractivity contribution < 1.29 is 76.1 Å². The van der Waals surface area contributed by atoms with E-state index >= 15 is 0 Å². The van der Waals surface area contributed by atoms with Crippen LogP contribution in [0.15, 0.2) is 63.3 Å². The van der Waals surface area contributed by atoms with Gasteiger partial charge in [-0.05, 0) is 140 Å². The molecule has 0 aromatic heterocycles. The van der Waals surface area contributed by atoms with E-state index in [0.29, 0.717) is 12.8 Å². The van der Waals surface area contributed by atoms with Gasteiger partial charge in [0.25, 0.3) is 0 Å². The van der Waals surface area contributed by atoms with Gasteiger partial charge in [0, 0.05) is 5.41 Å². The Morgan fingerprint density at radius 2 is 0.587 bits per heavy atom. The Balaban J connectivity index is 6.82. The van der Waals surface area contributed by atoms with Gasteiger partial charge in [0.2, 0.25) is 0 Å². The van der Waals surface area contributed by atoms with Crippen LogP contribution in [0, 0.1) is 10.8 Å². The highest BCUT2D eigenvalue weighted by molar-refractivity contribution is 5.97. The Morgan fingerprint density at radius 1 is 0.333 bits per heavy atom. The van der Waals surface area contributed by atoms with Gasteiger partial charge in [0.15, 0.2) is 28.9 Å². The molecule has 0 radical (unpaired) electrons. The van der Waals surface area contributed by atoms with Crippen LogP contribution in [-0.4, -0.2) is 168 Å². The molecule has 19 nitrogen and oxygen atoms in total. The van der Waals surface area contributed by atoms with E-state index in [-0.39, 0.29) is 129 Å². The molecule has 0 rings (SSSR count). The van der Waals surface area contributed by atoms with Gasteiger partial charge in [-0.15, -0.1) is 0 Å². The Labute approximate surface area is 449 Å². The van der Waals surface area contributed by atoms with E-state index in [9.17, 15) is 24.0 Å². The molecule has 19 heteroatoms. The van der Waals surface area contributed by atoms with Gasteiger partial charge in [-0.3, -0.25) is 39.9 Å². The molecular formula is C56H97N3O16. The molecule has 0 heterocycles. The van der Waals surface area contributed by atoms with Gasteiger partial charge in [0.1, 0.15) is 28.0 Å². The third-order valence-electron chi connectivity index (χ3n) is 12.2. The molecule has 75 heavy (non-hydrogen) atoms. The third kappa shape index (κ3) is 28.6. The fraction of sp³-hybridized carbons (Fsp3) is 0.732. The van der Waals surface area contributed by atoms with Crippen molar-refractivity contribution in [1.82, 2.24) is 16.0 Å². The van der Waals surface area contributed by atoms with E-state index in [0.717, 1.165) is 0 Å². The number of carbonyl (C=O) groups is 5. The standard InChI is InChI=1S/C56H97N3O16/c1-21-43(60)50(10,11)69-28-26-48(6,7)71-31-55(20,32-72-49(8,9)27-29-70-51(12,13)44(61)22-2)30-65-33-56(34-66-37-57-40-73-52(14,15)45(62)23-3,35-67-38-58-41-74-53(16,17)46(63)24-4)36-68-39-59-42-75-54(18,19)47(64)25-5/h21-25,57-59H,1-5,26-42H2,6-20H3. The van der Waals surface area contributed by atoms with Crippen molar-refractivity contribution in [2.45, 2.75) is 156 Å². The monoisotopic (exact) mass is 1070 g/mol. The lowest BCUT2D eigenvalue weighted by Gasteiger charge is -2.39. The smallest absolute Gasteiger partial charge is 0.186 e. The average molecular weight is 1070 g/mol. The molecule has 0 aromatic rings. The summed E-state index contributed by atoms with van der Waals surface area (Å²) in [5.74, 6) is -1.29. The number of ketones is 5. The Morgan fingerprint density at radius 3 is 0.853 bits per heavy atom. The number of hydrogen-bond donors (Lipinski definition) is 3. The topological polar surface area (TPSA) is 223 Å². The predicted molar refractivity (Wildman–Crippen MR) is 289 cm³/mol. The van der Waals surface area contributed by atoms with Crippen LogP contribution in [-0.2, 0) is 76.1 Å². The SMILES string of the molecule is C=CC(=O)C(C)(C)OCCC(C)(C)OCC(C)(COCC(COCNCOC(C)(C)C(=O)C=C)(COCNCOC(C)(C)C(=O)C=C)COCNCOC(C)(C)C(=O)C=C)COC(C)(C)CCOC(C)(C)C(=O)C=C. The first kappa shape index (κ1) is 71.5. The van der Waals surface area contributed by atoms with Gasteiger partial charge >= 0.3 is 0 Å². The maximum Gasteiger partial charge on any atom is 0.186 e. The number of carbonyl (C=O) groups excluding carboxylic acids is 5. The minimum absolute atomic E-state index is 0.00593. The zero-order valence-corrected chi connectivity index (χ0v) is 48.5. The quantitative estimate of drug-likeness (QED) is 0.0328. The summed E-state index contributed by atoms with van der Waals surface area (Å²) < 4.78 is 67.8. The number of hydrogen-bond acceptors (Lipinski definition) is 19. The number of nitrogens with one attached hydrogen (secondary N) is 3. The van der Waals surface area contributed by atoms with Crippen LogP contribution in [0.5, 0.6) is 0 Å². The van der Waals surface area contributed by atoms with Gasteiger partial charge < -0.3 is 52.1 Å². The van der Waals surface area contributed by atoms with Crippen molar-refractivity contribution in [3.05, 3.63) is 63.3 Å². The molecular weight excluding hydrogens is 971 g/mol. The highest BCUT2D eigenvalue weighted by Crippen LogP contribution is 2.30. The lowest BCUT2D eigenvalue weighted by Crippen LogP contribution is -2.46. The first-order valence-electron chi connectivity index (χ1n) is 25.3.